The van der Waals surface area contributed by atoms with Gasteiger partial charge in [-0.25, -0.2) is 0 Å². The molecule has 0 spiro atoms. The predicted octanol–water partition coefficient (Wildman–Crippen LogP) is 5.30. The Labute approximate surface area is 180 Å². The highest BCUT2D eigenvalue weighted by molar-refractivity contribution is 5.82. The number of ether oxygens (including phenoxy) is 2. The number of aliphatic hydroxyl groups is 2. The van der Waals surface area contributed by atoms with Gasteiger partial charge >= 0.3 is 0 Å². The lowest BCUT2D eigenvalue weighted by atomic mass is 10.2. The van der Waals surface area contributed by atoms with Crippen molar-refractivity contribution >= 4 is 11.9 Å². The molecule has 0 aliphatic rings. The molecular weight excluding hydrogens is 378 g/mol. The molecule has 2 aromatic carbocycles. The van der Waals surface area contributed by atoms with Gasteiger partial charge in [0.05, 0.1) is 18.9 Å². The van der Waals surface area contributed by atoms with Crippen LogP contribution in [-0.4, -0.2) is 42.9 Å². The Morgan fingerprint density at radius 1 is 0.600 bits per heavy atom. The molecule has 0 saturated carbocycles. The van der Waals surface area contributed by atoms with Crippen molar-refractivity contribution in [1.29, 1.82) is 0 Å². The van der Waals surface area contributed by atoms with E-state index in [0.717, 1.165) is 74.1 Å². The third kappa shape index (κ3) is 10.4. The second-order valence-corrected chi connectivity index (χ2v) is 7.29. The fourth-order valence-corrected chi connectivity index (χ4v) is 2.94. The first-order valence-corrected chi connectivity index (χ1v) is 11.0. The van der Waals surface area contributed by atoms with Crippen LogP contribution in [0.2, 0.25) is 0 Å². The van der Waals surface area contributed by atoms with Crippen LogP contribution in [0.5, 0.6) is 11.5 Å². The van der Waals surface area contributed by atoms with Crippen molar-refractivity contribution in [2.45, 2.75) is 51.4 Å². The molecule has 0 radical (unpaired) electrons. The summed E-state index contributed by atoms with van der Waals surface area (Å²) in [5, 5.41) is 17.5. The van der Waals surface area contributed by atoms with Gasteiger partial charge in [0.2, 0.25) is 0 Å². The Balaban J connectivity index is 1.68. The molecule has 2 aromatic rings. The third-order valence-electron chi connectivity index (χ3n) is 4.72. The van der Waals surface area contributed by atoms with Gasteiger partial charge < -0.3 is 19.7 Å². The second kappa shape index (κ2) is 15.5. The average Bonchev–Trinajstić information content (AvgIpc) is 2.79. The first kappa shape index (κ1) is 23.9. The SMILES string of the molecule is OCCCCCCOc1ccc(/C=N/c2ccc(OCCCCCCO)cc2)cc1. The predicted molar refractivity (Wildman–Crippen MR) is 122 cm³/mol. The zero-order chi connectivity index (χ0) is 21.3. The van der Waals surface area contributed by atoms with Gasteiger partial charge in [-0.2, -0.15) is 0 Å². The van der Waals surface area contributed by atoms with Gasteiger partial charge in [-0.1, -0.05) is 12.8 Å². The molecule has 0 saturated heterocycles. The minimum absolute atomic E-state index is 0.271. The molecule has 0 fully saturated rings. The Bertz CT molecular complexity index is 637. The maximum absolute atomic E-state index is 8.76. The number of aliphatic hydroxyl groups excluding tert-OH is 2. The molecule has 0 bridgehead atoms. The van der Waals surface area contributed by atoms with Crippen LogP contribution >= 0.6 is 0 Å². The Kier molecular flexibility index (Phi) is 12.3. The molecule has 2 rings (SSSR count). The molecule has 0 heterocycles. The average molecular weight is 414 g/mol. The summed E-state index contributed by atoms with van der Waals surface area (Å²) in [5.41, 5.74) is 1.90. The first-order chi connectivity index (χ1) is 14.8. The summed E-state index contributed by atoms with van der Waals surface area (Å²) in [6.45, 7) is 1.95. The van der Waals surface area contributed by atoms with Gasteiger partial charge in [-0.05, 0) is 92.6 Å². The van der Waals surface area contributed by atoms with Crippen LogP contribution in [0, 0.1) is 0 Å². The number of hydrogen-bond donors (Lipinski definition) is 2. The molecule has 0 unspecified atom stereocenters. The van der Waals surface area contributed by atoms with Crippen molar-refractivity contribution in [3.05, 3.63) is 54.1 Å². The lowest BCUT2D eigenvalue weighted by molar-refractivity contribution is 0.273. The van der Waals surface area contributed by atoms with E-state index in [1.807, 2.05) is 54.7 Å². The van der Waals surface area contributed by atoms with Crippen LogP contribution in [0.3, 0.4) is 0 Å². The largest absolute Gasteiger partial charge is 0.494 e. The molecule has 164 valence electrons. The molecular formula is C25H35NO4. The van der Waals surface area contributed by atoms with E-state index in [0.29, 0.717) is 13.2 Å². The summed E-state index contributed by atoms with van der Waals surface area (Å²) in [7, 11) is 0. The number of unbranched alkanes of at least 4 members (excludes halogenated alkanes) is 6. The normalized spacial score (nSPS) is 11.1. The van der Waals surface area contributed by atoms with Crippen molar-refractivity contribution in [1.82, 2.24) is 0 Å². The van der Waals surface area contributed by atoms with Crippen molar-refractivity contribution < 1.29 is 19.7 Å². The van der Waals surface area contributed by atoms with Crippen molar-refractivity contribution in [2.75, 3.05) is 26.4 Å². The van der Waals surface area contributed by atoms with Gasteiger partial charge in [0.15, 0.2) is 0 Å². The van der Waals surface area contributed by atoms with Crippen molar-refractivity contribution in [3.63, 3.8) is 0 Å². The maximum Gasteiger partial charge on any atom is 0.119 e. The second-order valence-electron chi connectivity index (χ2n) is 7.29. The Morgan fingerprint density at radius 2 is 1.07 bits per heavy atom. The van der Waals surface area contributed by atoms with E-state index in [-0.39, 0.29) is 13.2 Å². The van der Waals surface area contributed by atoms with Gasteiger partial charge in [-0.15, -0.1) is 0 Å². The number of nitrogens with zero attached hydrogens (tertiary/aromatic N) is 1. The maximum atomic E-state index is 8.76. The molecule has 0 amide bonds. The summed E-state index contributed by atoms with van der Waals surface area (Å²) < 4.78 is 11.5. The standard InChI is InChI=1S/C25H35NO4/c27-17-5-1-3-7-19-29-24-13-9-22(10-14-24)21-26-23-11-15-25(16-12-23)30-20-8-4-2-6-18-28/h9-16,21,27-28H,1-8,17-20H2/b26-21+. The summed E-state index contributed by atoms with van der Waals surface area (Å²) in [6.07, 6.45) is 9.85. The molecule has 0 aliphatic heterocycles. The topological polar surface area (TPSA) is 71.3 Å². The number of aliphatic imine (C=N–C) groups is 1. The number of benzene rings is 2. The zero-order valence-electron chi connectivity index (χ0n) is 17.8. The van der Waals surface area contributed by atoms with E-state index >= 15 is 0 Å². The van der Waals surface area contributed by atoms with E-state index in [2.05, 4.69) is 4.99 Å². The van der Waals surface area contributed by atoms with Crippen LogP contribution in [0.15, 0.2) is 53.5 Å². The summed E-state index contributed by atoms with van der Waals surface area (Å²) >= 11 is 0. The fourth-order valence-electron chi connectivity index (χ4n) is 2.94. The fraction of sp³-hybridized carbons (Fsp3) is 0.480. The van der Waals surface area contributed by atoms with E-state index < -0.39 is 0 Å². The van der Waals surface area contributed by atoms with Crippen LogP contribution in [0.4, 0.5) is 5.69 Å². The minimum Gasteiger partial charge on any atom is -0.494 e. The lowest BCUT2D eigenvalue weighted by Crippen LogP contribution is -1.97. The van der Waals surface area contributed by atoms with Gasteiger partial charge in [0.25, 0.3) is 0 Å². The summed E-state index contributed by atoms with van der Waals surface area (Å²) in [4.78, 5) is 4.52. The van der Waals surface area contributed by atoms with Crippen LogP contribution in [0.25, 0.3) is 0 Å². The van der Waals surface area contributed by atoms with Gasteiger partial charge in [-0.3, -0.25) is 4.99 Å². The zero-order valence-corrected chi connectivity index (χ0v) is 17.8. The summed E-state index contributed by atoms with van der Waals surface area (Å²) in [6, 6.07) is 15.7. The monoisotopic (exact) mass is 413 g/mol. The highest BCUT2D eigenvalue weighted by Crippen LogP contribution is 2.19. The van der Waals surface area contributed by atoms with E-state index in [1.54, 1.807) is 0 Å². The number of rotatable bonds is 16. The lowest BCUT2D eigenvalue weighted by Gasteiger charge is -2.06. The molecule has 0 aromatic heterocycles. The van der Waals surface area contributed by atoms with Gasteiger partial charge in [0, 0.05) is 19.4 Å². The molecule has 0 atom stereocenters. The summed E-state index contributed by atoms with van der Waals surface area (Å²) in [5.74, 6) is 1.72. The van der Waals surface area contributed by atoms with Gasteiger partial charge in [0.1, 0.15) is 11.5 Å². The van der Waals surface area contributed by atoms with E-state index in [9.17, 15) is 0 Å². The highest BCUT2D eigenvalue weighted by Gasteiger charge is 1.97. The third-order valence-corrected chi connectivity index (χ3v) is 4.72. The van der Waals surface area contributed by atoms with E-state index in [1.165, 1.54) is 0 Å². The van der Waals surface area contributed by atoms with Crippen molar-refractivity contribution in [2.24, 2.45) is 4.99 Å². The van der Waals surface area contributed by atoms with Crippen LogP contribution in [0.1, 0.15) is 56.9 Å². The quantitative estimate of drug-likeness (QED) is 0.289. The Morgan fingerprint density at radius 3 is 1.57 bits per heavy atom. The first-order valence-electron chi connectivity index (χ1n) is 11.0. The van der Waals surface area contributed by atoms with Crippen molar-refractivity contribution in [3.8, 4) is 11.5 Å². The van der Waals surface area contributed by atoms with E-state index in [4.69, 9.17) is 19.7 Å². The molecule has 2 N–H and O–H groups in total. The molecule has 0 aliphatic carbocycles. The smallest absolute Gasteiger partial charge is 0.119 e. The van der Waals surface area contributed by atoms with Crippen LogP contribution < -0.4 is 9.47 Å². The number of hydrogen-bond acceptors (Lipinski definition) is 5. The molecule has 5 nitrogen and oxygen atoms in total. The molecule has 5 heteroatoms. The highest BCUT2D eigenvalue weighted by atomic mass is 16.5. The Hall–Kier alpha value is -2.37. The minimum atomic E-state index is 0.271. The molecule has 30 heavy (non-hydrogen) atoms. The van der Waals surface area contributed by atoms with Crippen LogP contribution in [-0.2, 0) is 0 Å².